The van der Waals surface area contributed by atoms with Crippen LogP contribution in [0.25, 0.3) is 15.7 Å². The van der Waals surface area contributed by atoms with E-state index in [1.807, 2.05) is 0 Å². The molecule has 1 aliphatic heterocycles. The fraction of sp³-hybridized carbons (Fsp3) is 0.267. The van der Waals surface area contributed by atoms with Crippen LogP contribution in [-0.4, -0.2) is 50.9 Å². The minimum absolute atomic E-state index is 0.0368. The minimum atomic E-state index is -2.88. The van der Waals surface area contributed by atoms with E-state index in [2.05, 4.69) is 25.3 Å². The Morgan fingerprint density at radius 2 is 1.98 bits per heavy atom. The largest absolute Gasteiger partial charge is 0.351 e. The van der Waals surface area contributed by atoms with Gasteiger partial charge in [-0.1, -0.05) is 29.8 Å². The summed E-state index contributed by atoms with van der Waals surface area (Å²) in [6.07, 6.45) is 2.07. The van der Waals surface area contributed by atoms with E-state index in [9.17, 15) is 23.2 Å². The van der Waals surface area contributed by atoms with Crippen LogP contribution in [0.4, 0.5) is 26.0 Å². The van der Waals surface area contributed by atoms with E-state index in [4.69, 9.17) is 18.2 Å². The van der Waals surface area contributed by atoms with Crippen molar-refractivity contribution < 1.29 is 23.2 Å². The predicted molar refractivity (Wildman–Crippen MR) is 155 cm³/mol. The van der Waals surface area contributed by atoms with Crippen LogP contribution in [0.15, 0.2) is 67.0 Å². The van der Waals surface area contributed by atoms with Gasteiger partial charge < -0.3 is 5.32 Å². The molecule has 4 aromatic rings. The SMILES string of the molecule is [C-]#[N+]c1ccnc(N2C(=O)CC[C@H]2C(=O)N(c2ccc3[nH]ncc3c2)[C@H](C(=O)NC2CC(F)(F)C2)c2ccccc2Cl)c1. The normalized spacial score (nSPS) is 18.6. The number of carbonyl (C=O) groups excluding carboxylic acids is 3. The average Bonchev–Trinajstić information content (AvgIpc) is 3.61. The third-order valence-corrected chi connectivity index (χ3v) is 8.03. The van der Waals surface area contributed by atoms with Crippen molar-refractivity contribution in [2.24, 2.45) is 0 Å². The number of halogens is 3. The molecule has 2 aromatic carbocycles. The van der Waals surface area contributed by atoms with Crippen LogP contribution in [0.3, 0.4) is 0 Å². The summed E-state index contributed by atoms with van der Waals surface area (Å²) in [4.78, 5) is 52.0. The summed E-state index contributed by atoms with van der Waals surface area (Å²) in [6, 6.07) is 11.2. The van der Waals surface area contributed by atoms with Gasteiger partial charge in [0.05, 0.1) is 18.3 Å². The number of nitrogens with zero attached hydrogens (tertiary/aromatic N) is 5. The number of pyridine rings is 1. The molecule has 0 spiro atoms. The second-order valence-corrected chi connectivity index (χ2v) is 11.0. The molecular weight excluding hydrogens is 580 g/mol. The highest BCUT2D eigenvalue weighted by atomic mass is 35.5. The Morgan fingerprint density at radius 3 is 2.72 bits per heavy atom. The van der Waals surface area contributed by atoms with Crippen LogP contribution < -0.4 is 15.1 Å². The van der Waals surface area contributed by atoms with E-state index in [1.165, 1.54) is 28.1 Å². The molecule has 2 atom stereocenters. The summed E-state index contributed by atoms with van der Waals surface area (Å²) in [5.41, 5.74) is 1.51. The Morgan fingerprint density at radius 1 is 1.19 bits per heavy atom. The van der Waals surface area contributed by atoms with Crippen LogP contribution in [0.5, 0.6) is 0 Å². The summed E-state index contributed by atoms with van der Waals surface area (Å²) in [7, 11) is 0. The molecule has 2 aromatic heterocycles. The number of amides is 3. The topological polar surface area (TPSA) is 116 Å². The number of H-pyrrole nitrogens is 1. The van der Waals surface area contributed by atoms with Crippen LogP contribution >= 0.6 is 11.6 Å². The zero-order valence-electron chi connectivity index (χ0n) is 22.5. The van der Waals surface area contributed by atoms with Gasteiger partial charge in [0, 0.05) is 53.2 Å². The molecule has 1 saturated heterocycles. The van der Waals surface area contributed by atoms with Gasteiger partial charge in [0.2, 0.25) is 11.8 Å². The van der Waals surface area contributed by atoms with Gasteiger partial charge in [-0.25, -0.2) is 18.6 Å². The molecule has 43 heavy (non-hydrogen) atoms. The van der Waals surface area contributed by atoms with Crippen molar-refractivity contribution in [1.82, 2.24) is 20.5 Å². The van der Waals surface area contributed by atoms with Crippen LogP contribution in [-0.2, 0) is 14.4 Å². The molecule has 1 saturated carbocycles. The Bertz CT molecular complexity index is 1780. The molecule has 2 fully saturated rings. The molecule has 13 heteroatoms. The Labute approximate surface area is 249 Å². The molecule has 2 N–H and O–H groups in total. The van der Waals surface area contributed by atoms with Gasteiger partial charge >= 0.3 is 0 Å². The van der Waals surface area contributed by atoms with Gasteiger partial charge in [0.1, 0.15) is 17.9 Å². The number of carbonyl (C=O) groups is 3. The van der Waals surface area contributed by atoms with Crippen molar-refractivity contribution in [3.63, 3.8) is 0 Å². The lowest BCUT2D eigenvalue weighted by Gasteiger charge is -2.39. The molecular formula is C30H24ClF2N7O3. The molecule has 218 valence electrons. The van der Waals surface area contributed by atoms with Crippen LogP contribution in [0.1, 0.15) is 37.3 Å². The molecule has 0 unspecified atom stereocenters. The highest BCUT2D eigenvalue weighted by Gasteiger charge is 2.48. The fourth-order valence-electron chi connectivity index (χ4n) is 5.60. The van der Waals surface area contributed by atoms with E-state index < -0.39 is 48.7 Å². The minimum Gasteiger partial charge on any atom is -0.351 e. The first-order chi connectivity index (χ1) is 20.6. The van der Waals surface area contributed by atoms with Crippen molar-refractivity contribution in [3.05, 3.63) is 89.0 Å². The number of fused-ring (bicyclic) bond motifs is 1. The molecule has 6 rings (SSSR count). The Hall–Kier alpha value is -4.89. The molecule has 1 aliphatic carbocycles. The van der Waals surface area contributed by atoms with Gasteiger partial charge in [-0.2, -0.15) is 5.10 Å². The van der Waals surface area contributed by atoms with E-state index in [1.54, 1.807) is 48.7 Å². The van der Waals surface area contributed by atoms with Crippen molar-refractivity contribution in [3.8, 4) is 0 Å². The van der Waals surface area contributed by atoms with Gasteiger partial charge in [0.15, 0.2) is 5.69 Å². The van der Waals surface area contributed by atoms with E-state index >= 15 is 0 Å². The number of rotatable bonds is 7. The van der Waals surface area contributed by atoms with E-state index in [0.29, 0.717) is 16.6 Å². The highest BCUT2D eigenvalue weighted by molar-refractivity contribution is 6.31. The first-order valence-corrected chi connectivity index (χ1v) is 13.9. The zero-order chi connectivity index (χ0) is 30.3. The van der Waals surface area contributed by atoms with Crippen LogP contribution in [0.2, 0.25) is 5.02 Å². The lowest BCUT2D eigenvalue weighted by molar-refractivity contribution is -0.133. The molecule has 3 heterocycles. The third kappa shape index (κ3) is 5.39. The number of hydrogen-bond acceptors (Lipinski definition) is 5. The summed E-state index contributed by atoms with van der Waals surface area (Å²) < 4.78 is 27.4. The molecule has 0 radical (unpaired) electrons. The number of anilines is 2. The first kappa shape index (κ1) is 28.2. The monoisotopic (exact) mass is 603 g/mol. The average molecular weight is 604 g/mol. The summed E-state index contributed by atoms with van der Waals surface area (Å²) in [6.45, 7) is 7.36. The first-order valence-electron chi connectivity index (χ1n) is 13.5. The molecule has 10 nitrogen and oxygen atoms in total. The number of aromatic nitrogens is 3. The summed E-state index contributed by atoms with van der Waals surface area (Å²) >= 11 is 6.59. The maximum atomic E-state index is 14.7. The summed E-state index contributed by atoms with van der Waals surface area (Å²) in [5, 5.41) is 10.4. The second-order valence-electron chi connectivity index (χ2n) is 10.5. The Balaban J connectivity index is 1.47. The van der Waals surface area contributed by atoms with Crippen molar-refractivity contribution >= 4 is 57.4 Å². The molecule has 0 bridgehead atoms. The fourth-order valence-corrected chi connectivity index (χ4v) is 5.83. The van der Waals surface area contributed by atoms with Gasteiger partial charge in [-0.15, -0.1) is 0 Å². The quantitative estimate of drug-likeness (QED) is 0.277. The van der Waals surface area contributed by atoms with Gasteiger partial charge in [0.25, 0.3) is 11.8 Å². The van der Waals surface area contributed by atoms with Crippen molar-refractivity contribution in [2.45, 2.75) is 49.7 Å². The van der Waals surface area contributed by atoms with Crippen molar-refractivity contribution in [1.29, 1.82) is 0 Å². The number of nitrogens with one attached hydrogen (secondary N) is 2. The highest BCUT2D eigenvalue weighted by Crippen LogP contribution is 2.40. The van der Waals surface area contributed by atoms with Crippen LogP contribution in [0, 0.1) is 6.57 Å². The maximum Gasteiger partial charge on any atom is 0.252 e. The third-order valence-electron chi connectivity index (χ3n) is 7.68. The lowest BCUT2D eigenvalue weighted by atomic mass is 9.87. The molecule has 2 aliphatic rings. The number of benzene rings is 2. The standard InChI is InChI=1S/C30H24ClF2N7O3/c1-34-18-10-11-35-25(13-18)40-24(8-9-26(40)41)29(43)39(20-6-7-23-17(12-20)16-36-38-23)27(21-4-2-3-5-22(21)31)28(42)37-19-14-30(32,33)15-19/h2-7,10-13,16,19,24,27H,8-9,14-15H2,(H,36,38)(H,37,42)/t24-,27-/m0/s1. The number of hydrogen-bond donors (Lipinski definition) is 2. The van der Waals surface area contributed by atoms with Crippen molar-refractivity contribution in [2.75, 3.05) is 9.80 Å². The maximum absolute atomic E-state index is 14.7. The zero-order valence-corrected chi connectivity index (χ0v) is 23.3. The van der Waals surface area contributed by atoms with Gasteiger partial charge in [-0.05, 0) is 42.8 Å². The van der Waals surface area contributed by atoms with E-state index in [-0.39, 0.29) is 40.8 Å². The predicted octanol–water partition coefficient (Wildman–Crippen LogP) is 5.35. The van der Waals surface area contributed by atoms with E-state index in [0.717, 1.165) is 0 Å². The van der Waals surface area contributed by atoms with Gasteiger partial charge in [-0.3, -0.25) is 29.3 Å². The number of alkyl halides is 2. The Kier molecular flexibility index (Phi) is 7.27. The smallest absolute Gasteiger partial charge is 0.252 e. The summed E-state index contributed by atoms with van der Waals surface area (Å²) in [5.74, 6) is -4.42. The second kappa shape index (κ2) is 11.1. The number of aromatic amines is 1. The lowest BCUT2D eigenvalue weighted by Crippen LogP contribution is -2.56. The molecule has 3 amide bonds.